The van der Waals surface area contributed by atoms with Crippen LogP contribution in [0.5, 0.6) is 0 Å². The molecule has 0 aliphatic rings. The number of aromatic nitrogens is 1. The van der Waals surface area contributed by atoms with Crippen LogP contribution in [-0.2, 0) is 6.42 Å². The highest BCUT2D eigenvalue weighted by atomic mass is 127. The highest BCUT2D eigenvalue weighted by Crippen LogP contribution is 2.29. The Hall–Kier alpha value is -1.37. The molecule has 1 aromatic heterocycles. The van der Waals surface area contributed by atoms with Gasteiger partial charge in [0.2, 0.25) is 3.70 Å². The number of nitro groups is 1. The molecule has 0 saturated heterocycles. The summed E-state index contributed by atoms with van der Waals surface area (Å²) in [5.41, 5.74) is -0.462. The number of hydrogen-bond acceptors (Lipinski definition) is 4. The second kappa shape index (κ2) is 5.11. The van der Waals surface area contributed by atoms with Crippen molar-refractivity contribution in [3.8, 4) is 6.07 Å². The van der Waals surface area contributed by atoms with Crippen LogP contribution in [0.2, 0.25) is 0 Å². The maximum atomic E-state index is 12.6. The quantitative estimate of drug-likeness (QED) is 0.367. The molecule has 0 N–H and O–H groups in total. The molecule has 16 heavy (non-hydrogen) atoms. The molecule has 0 aliphatic carbocycles. The van der Waals surface area contributed by atoms with Crippen molar-refractivity contribution in [2.75, 3.05) is 0 Å². The van der Waals surface area contributed by atoms with Crippen molar-refractivity contribution < 1.29 is 13.7 Å². The predicted molar refractivity (Wildman–Crippen MR) is 57.9 cm³/mol. The number of nitriles is 1. The first-order valence-corrected chi connectivity index (χ1v) is 5.04. The molecule has 84 valence electrons. The Kier molecular flexibility index (Phi) is 4.05. The third kappa shape index (κ3) is 2.60. The summed E-state index contributed by atoms with van der Waals surface area (Å²) in [6.45, 7) is 0. The summed E-state index contributed by atoms with van der Waals surface area (Å²) in [7, 11) is 0. The molecule has 0 aliphatic heterocycles. The lowest BCUT2D eigenvalue weighted by Gasteiger charge is -2.05. The Bertz CT molecular complexity index is 473. The minimum atomic E-state index is -2.80. The van der Waals surface area contributed by atoms with Crippen molar-refractivity contribution in [2.45, 2.75) is 12.8 Å². The Labute approximate surface area is 102 Å². The smallest absolute Gasteiger partial charge is 0.358 e. The molecule has 0 spiro atoms. The highest BCUT2D eigenvalue weighted by Gasteiger charge is 2.24. The monoisotopic (exact) mass is 339 g/mol. The van der Waals surface area contributed by atoms with Gasteiger partial charge >= 0.3 is 5.82 Å². The van der Waals surface area contributed by atoms with Crippen molar-refractivity contribution in [3.05, 3.63) is 31.0 Å². The van der Waals surface area contributed by atoms with E-state index in [1.165, 1.54) is 22.6 Å². The van der Waals surface area contributed by atoms with Crippen LogP contribution in [-0.4, -0.2) is 9.91 Å². The molecular formula is C8H4F2IN3O2. The van der Waals surface area contributed by atoms with Crippen molar-refractivity contribution >= 4 is 28.4 Å². The van der Waals surface area contributed by atoms with E-state index in [1.807, 2.05) is 0 Å². The third-order valence-corrected chi connectivity index (χ3v) is 2.58. The Balaban J connectivity index is 3.40. The van der Waals surface area contributed by atoms with E-state index in [0.29, 0.717) is 0 Å². The van der Waals surface area contributed by atoms with Crippen LogP contribution in [0.4, 0.5) is 14.6 Å². The fraction of sp³-hybridized carbons (Fsp3) is 0.250. The molecule has 1 heterocycles. The fourth-order valence-corrected chi connectivity index (χ4v) is 1.94. The van der Waals surface area contributed by atoms with Crippen LogP contribution in [0, 0.1) is 25.1 Å². The topological polar surface area (TPSA) is 79.8 Å². The van der Waals surface area contributed by atoms with Crippen LogP contribution < -0.4 is 0 Å². The van der Waals surface area contributed by atoms with E-state index < -0.39 is 22.7 Å². The van der Waals surface area contributed by atoms with E-state index in [2.05, 4.69) is 4.98 Å². The molecule has 0 amide bonds. The van der Waals surface area contributed by atoms with Gasteiger partial charge in [0, 0.05) is 28.7 Å². The van der Waals surface area contributed by atoms with Crippen LogP contribution in [0.15, 0.2) is 6.07 Å². The lowest BCUT2D eigenvalue weighted by atomic mass is 10.1. The van der Waals surface area contributed by atoms with Crippen LogP contribution >= 0.6 is 22.6 Å². The predicted octanol–water partition coefficient (Wildman–Crippen LogP) is 2.60. The lowest BCUT2D eigenvalue weighted by Crippen LogP contribution is -2.04. The second-order valence-electron chi connectivity index (χ2n) is 2.74. The third-order valence-electron chi connectivity index (χ3n) is 1.76. The van der Waals surface area contributed by atoms with Gasteiger partial charge in [-0.1, -0.05) is 0 Å². The normalized spacial score (nSPS) is 10.2. The van der Waals surface area contributed by atoms with Gasteiger partial charge in [-0.2, -0.15) is 5.26 Å². The molecule has 8 heteroatoms. The molecule has 0 unspecified atom stereocenters. The van der Waals surface area contributed by atoms with Crippen LogP contribution in [0.3, 0.4) is 0 Å². The summed E-state index contributed by atoms with van der Waals surface area (Å²) in [6.07, 6.45) is -3.11. The molecule has 0 saturated carbocycles. The van der Waals surface area contributed by atoms with E-state index in [1.54, 1.807) is 6.07 Å². The summed E-state index contributed by atoms with van der Waals surface area (Å²) in [5.74, 6) is -0.529. The van der Waals surface area contributed by atoms with E-state index in [9.17, 15) is 18.9 Å². The summed E-state index contributed by atoms with van der Waals surface area (Å²) < 4.78 is 25.1. The summed E-state index contributed by atoms with van der Waals surface area (Å²) in [4.78, 5) is 13.1. The first-order valence-electron chi connectivity index (χ1n) is 3.96. The first-order chi connectivity index (χ1) is 7.47. The SMILES string of the molecule is N#CCc1cc([N+](=O)[O-])nc(I)c1C(F)F. The Morgan fingerprint density at radius 3 is 2.75 bits per heavy atom. The van der Waals surface area contributed by atoms with Crippen molar-refractivity contribution in [3.63, 3.8) is 0 Å². The fourth-order valence-electron chi connectivity index (χ4n) is 1.11. The van der Waals surface area contributed by atoms with Gasteiger partial charge in [-0.3, -0.25) is 0 Å². The van der Waals surface area contributed by atoms with Crippen molar-refractivity contribution in [1.82, 2.24) is 4.98 Å². The minimum absolute atomic E-state index is 0.0522. The van der Waals surface area contributed by atoms with E-state index in [-0.39, 0.29) is 15.7 Å². The molecular weight excluding hydrogens is 335 g/mol. The first kappa shape index (κ1) is 12.7. The number of halogens is 3. The van der Waals surface area contributed by atoms with Gasteiger partial charge in [-0.05, 0) is 15.5 Å². The molecule has 5 nitrogen and oxygen atoms in total. The number of hydrogen-bond donors (Lipinski definition) is 0. The van der Waals surface area contributed by atoms with Crippen LogP contribution in [0.25, 0.3) is 0 Å². The molecule has 1 aromatic rings. The lowest BCUT2D eigenvalue weighted by molar-refractivity contribution is -0.389. The maximum absolute atomic E-state index is 12.6. The molecule has 0 fully saturated rings. The van der Waals surface area contributed by atoms with Gasteiger partial charge in [-0.25, -0.2) is 8.78 Å². The minimum Gasteiger partial charge on any atom is -0.358 e. The van der Waals surface area contributed by atoms with E-state index in [0.717, 1.165) is 6.07 Å². The van der Waals surface area contributed by atoms with Crippen molar-refractivity contribution in [2.24, 2.45) is 0 Å². The zero-order valence-corrected chi connectivity index (χ0v) is 9.81. The highest BCUT2D eigenvalue weighted by molar-refractivity contribution is 14.1. The van der Waals surface area contributed by atoms with E-state index in [4.69, 9.17) is 5.26 Å². The Morgan fingerprint density at radius 2 is 2.31 bits per heavy atom. The molecule has 0 aromatic carbocycles. The average Bonchev–Trinajstić information content (AvgIpc) is 2.16. The number of nitrogens with zero attached hydrogens (tertiary/aromatic N) is 3. The molecule has 0 atom stereocenters. The zero-order valence-electron chi connectivity index (χ0n) is 7.65. The van der Waals surface area contributed by atoms with E-state index >= 15 is 0 Å². The number of alkyl halides is 2. The van der Waals surface area contributed by atoms with Gasteiger partial charge in [0.15, 0.2) is 0 Å². The summed E-state index contributed by atoms with van der Waals surface area (Å²) in [6, 6.07) is 2.60. The molecule has 1 rings (SSSR count). The summed E-state index contributed by atoms with van der Waals surface area (Å²) >= 11 is 1.49. The number of pyridine rings is 1. The van der Waals surface area contributed by atoms with Crippen LogP contribution in [0.1, 0.15) is 17.6 Å². The molecule has 0 bridgehead atoms. The van der Waals surface area contributed by atoms with Crippen molar-refractivity contribution in [1.29, 1.82) is 5.26 Å². The average molecular weight is 339 g/mol. The second-order valence-corrected chi connectivity index (χ2v) is 3.76. The maximum Gasteiger partial charge on any atom is 0.364 e. The van der Waals surface area contributed by atoms with Gasteiger partial charge in [-0.15, -0.1) is 0 Å². The van der Waals surface area contributed by atoms with Gasteiger partial charge in [0.05, 0.1) is 18.1 Å². The summed E-state index contributed by atoms with van der Waals surface area (Å²) in [5, 5.41) is 18.9. The molecule has 0 radical (unpaired) electrons. The standard InChI is InChI=1S/C8H4F2IN3O2/c9-7(10)6-4(1-2-12)3-5(14(15)16)13-8(6)11/h3,7H,1H2. The number of rotatable bonds is 3. The van der Waals surface area contributed by atoms with Gasteiger partial charge < -0.3 is 10.1 Å². The largest absolute Gasteiger partial charge is 0.364 e. The zero-order chi connectivity index (χ0) is 12.3. The Morgan fingerprint density at radius 1 is 1.69 bits per heavy atom. The van der Waals surface area contributed by atoms with Gasteiger partial charge in [0.1, 0.15) is 0 Å². The van der Waals surface area contributed by atoms with Gasteiger partial charge in [0.25, 0.3) is 6.43 Å².